The van der Waals surface area contributed by atoms with Crippen molar-refractivity contribution in [1.29, 1.82) is 0 Å². The molecule has 0 unspecified atom stereocenters. The van der Waals surface area contributed by atoms with Crippen LogP contribution in [0.4, 0.5) is 19.0 Å². The van der Waals surface area contributed by atoms with Gasteiger partial charge < -0.3 is 14.5 Å². The van der Waals surface area contributed by atoms with Gasteiger partial charge in [-0.2, -0.15) is 23.4 Å². The molecule has 12 heteroatoms. The lowest BCUT2D eigenvalue weighted by molar-refractivity contribution is -0.173. The molecule has 1 aliphatic rings. The molecule has 0 radical (unpaired) electrons. The van der Waals surface area contributed by atoms with Gasteiger partial charge in [0, 0.05) is 6.42 Å². The van der Waals surface area contributed by atoms with E-state index >= 15 is 0 Å². The van der Waals surface area contributed by atoms with E-state index in [1.54, 1.807) is 41.0 Å². The van der Waals surface area contributed by atoms with E-state index in [0.717, 1.165) is 4.68 Å². The number of hydrogen-bond donors (Lipinski definition) is 2. The van der Waals surface area contributed by atoms with Crippen LogP contribution >= 0.6 is 12.2 Å². The molecule has 33 heavy (non-hydrogen) atoms. The third-order valence-electron chi connectivity index (χ3n) is 5.65. The van der Waals surface area contributed by atoms with Crippen molar-refractivity contribution >= 4 is 18.0 Å². The second-order valence-corrected chi connectivity index (χ2v) is 8.02. The highest BCUT2D eigenvalue weighted by molar-refractivity contribution is 7.71. The predicted molar refractivity (Wildman–Crippen MR) is 116 cm³/mol. The summed E-state index contributed by atoms with van der Waals surface area (Å²) in [4.78, 5) is 0. The monoisotopic (exact) mass is 476 g/mol. The molecule has 0 amide bonds. The van der Waals surface area contributed by atoms with Crippen LogP contribution in [0.2, 0.25) is 0 Å². The molecule has 4 aromatic rings. The van der Waals surface area contributed by atoms with Crippen LogP contribution in [0.3, 0.4) is 0 Å². The number of benzene rings is 1. The lowest BCUT2D eigenvalue weighted by atomic mass is 9.96. The minimum absolute atomic E-state index is 0.205. The third-order valence-corrected chi connectivity index (χ3v) is 5.96. The van der Waals surface area contributed by atoms with Crippen LogP contribution in [0.1, 0.15) is 29.8 Å². The lowest BCUT2D eigenvalue weighted by Gasteiger charge is -2.34. The Bertz CT molecular complexity index is 1310. The molecular weight excluding hydrogens is 457 g/mol. The highest BCUT2D eigenvalue weighted by Crippen LogP contribution is 2.46. The van der Waals surface area contributed by atoms with Gasteiger partial charge in [-0.05, 0) is 42.0 Å². The molecule has 3 aromatic heterocycles. The Labute approximate surface area is 191 Å². The molecule has 8 nitrogen and oxygen atoms in total. The van der Waals surface area contributed by atoms with Gasteiger partial charge in [-0.25, -0.2) is 4.68 Å². The van der Waals surface area contributed by atoms with Crippen LogP contribution in [-0.4, -0.2) is 37.8 Å². The first-order chi connectivity index (χ1) is 15.8. The van der Waals surface area contributed by atoms with Gasteiger partial charge in [-0.15, -0.1) is 0 Å². The fourth-order valence-corrected chi connectivity index (χ4v) is 4.21. The molecule has 0 fully saturated rings. The van der Waals surface area contributed by atoms with E-state index in [9.17, 15) is 13.2 Å². The maximum Gasteiger partial charge on any atom is 0.410 e. The summed E-state index contributed by atoms with van der Waals surface area (Å²) >= 11 is 5.34. The molecule has 172 valence electrons. The van der Waals surface area contributed by atoms with Crippen LogP contribution in [0, 0.1) is 4.77 Å². The molecule has 0 spiro atoms. The van der Waals surface area contributed by atoms with Crippen molar-refractivity contribution < 1.29 is 22.3 Å². The smallest absolute Gasteiger partial charge is 0.410 e. The SMILES string of the molecule is COc1ccc([C@@H]2C[C@@H](C(F)(F)F)n3ncc(-c4n[nH]c(=S)n4Cc4ccco4)c3N2)cc1. The van der Waals surface area contributed by atoms with E-state index < -0.39 is 18.3 Å². The Balaban J connectivity index is 1.58. The molecule has 5 rings (SSSR count). The number of nitrogens with one attached hydrogen (secondary N) is 2. The Morgan fingerprint density at radius 2 is 2.03 bits per heavy atom. The largest absolute Gasteiger partial charge is 0.497 e. The van der Waals surface area contributed by atoms with Gasteiger partial charge >= 0.3 is 6.18 Å². The van der Waals surface area contributed by atoms with Crippen molar-refractivity contribution in [2.45, 2.75) is 31.2 Å². The van der Waals surface area contributed by atoms with Crippen molar-refractivity contribution in [2.24, 2.45) is 0 Å². The molecule has 4 heterocycles. The molecule has 0 aliphatic carbocycles. The first-order valence-electron chi connectivity index (χ1n) is 10.1. The van der Waals surface area contributed by atoms with Crippen LogP contribution in [-0.2, 0) is 6.54 Å². The summed E-state index contributed by atoms with van der Waals surface area (Å²) in [6, 6.07) is 8.09. The Hall–Kier alpha value is -3.54. The van der Waals surface area contributed by atoms with Crippen LogP contribution < -0.4 is 10.1 Å². The average Bonchev–Trinajstić information content (AvgIpc) is 3.54. The molecule has 0 saturated heterocycles. The Morgan fingerprint density at radius 1 is 1.24 bits per heavy atom. The summed E-state index contributed by atoms with van der Waals surface area (Å²) in [5, 5.41) is 14.3. The number of alkyl halides is 3. The van der Waals surface area contributed by atoms with E-state index in [0.29, 0.717) is 33.2 Å². The fraction of sp³-hybridized carbons (Fsp3) is 0.286. The molecule has 2 N–H and O–H groups in total. The highest BCUT2D eigenvalue weighted by Gasteiger charge is 2.47. The fourth-order valence-electron chi connectivity index (χ4n) is 4.01. The van der Waals surface area contributed by atoms with E-state index in [-0.39, 0.29) is 18.8 Å². The molecule has 1 aromatic carbocycles. The van der Waals surface area contributed by atoms with Gasteiger partial charge in [-0.1, -0.05) is 12.1 Å². The lowest BCUT2D eigenvalue weighted by Crippen LogP contribution is -2.35. The number of aromatic nitrogens is 5. The van der Waals surface area contributed by atoms with Gasteiger partial charge in [0.1, 0.15) is 17.3 Å². The second-order valence-electron chi connectivity index (χ2n) is 7.63. The van der Waals surface area contributed by atoms with Crippen molar-refractivity contribution in [3.8, 4) is 17.1 Å². The molecular formula is C21H19F3N6O2S. The van der Waals surface area contributed by atoms with Gasteiger partial charge in [0.05, 0.1) is 37.7 Å². The zero-order valence-corrected chi connectivity index (χ0v) is 18.2. The van der Waals surface area contributed by atoms with Crippen LogP contribution in [0.25, 0.3) is 11.4 Å². The van der Waals surface area contributed by atoms with Crippen molar-refractivity contribution in [3.63, 3.8) is 0 Å². The maximum atomic E-state index is 14.0. The molecule has 0 bridgehead atoms. The van der Waals surface area contributed by atoms with E-state index in [2.05, 4.69) is 20.6 Å². The molecule has 2 atom stereocenters. The van der Waals surface area contributed by atoms with Crippen molar-refractivity contribution in [1.82, 2.24) is 24.5 Å². The first-order valence-corrected chi connectivity index (χ1v) is 10.5. The quantitative estimate of drug-likeness (QED) is 0.389. The summed E-state index contributed by atoms with van der Waals surface area (Å²) in [7, 11) is 1.54. The number of anilines is 1. The third kappa shape index (κ3) is 3.90. The Kier molecular flexibility index (Phi) is 5.23. The number of rotatable bonds is 5. The second kappa shape index (κ2) is 8.10. The number of furan rings is 1. The van der Waals surface area contributed by atoms with Gasteiger partial charge in [0.25, 0.3) is 0 Å². The van der Waals surface area contributed by atoms with Gasteiger partial charge in [0.15, 0.2) is 16.6 Å². The summed E-state index contributed by atoms with van der Waals surface area (Å²) in [6.45, 7) is 0.271. The van der Waals surface area contributed by atoms with Crippen LogP contribution in [0.15, 0.2) is 53.3 Å². The zero-order chi connectivity index (χ0) is 23.2. The topological polar surface area (TPSA) is 85.8 Å². The number of methoxy groups -OCH3 is 1. The summed E-state index contributed by atoms with van der Waals surface area (Å²) < 4.78 is 55.5. The summed E-state index contributed by atoms with van der Waals surface area (Å²) in [5.41, 5.74) is 1.11. The van der Waals surface area contributed by atoms with Crippen molar-refractivity contribution in [3.05, 3.63) is 65.0 Å². The minimum Gasteiger partial charge on any atom is -0.497 e. The van der Waals surface area contributed by atoms with E-state index in [1.807, 2.05) is 0 Å². The number of nitrogens with zero attached hydrogens (tertiary/aromatic N) is 4. The Morgan fingerprint density at radius 3 is 2.70 bits per heavy atom. The first kappa shape index (κ1) is 21.3. The number of ether oxygens (including phenoxy) is 1. The highest BCUT2D eigenvalue weighted by atomic mass is 32.1. The van der Waals surface area contributed by atoms with E-state index in [1.165, 1.54) is 19.6 Å². The molecule has 0 saturated carbocycles. The van der Waals surface area contributed by atoms with Gasteiger partial charge in [-0.3, -0.25) is 9.67 Å². The van der Waals surface area contributed by atoms with Gasteiger partial charge in [0.2, 0.25) is 0 Å². The number of aromatic amines is 1. The number of fused-ring (bicyclic) bond motifs is 1. The minimum atomic E-state index is -4.48. The van der Waals surface area contributed by atoms with E-state index in [4.69, 9.17) is 21.4 Å². The van der Waals surface area contributed by atoms with Crippen molar-refractivity contribution in [2.75, 3.05) is 12.4 Å². The maximum absolute atomic E-state index is 14.0. The molecule has 1 aliphatic heterocycles. The standard InChI is InChI=1S/C21H19F3N6O2S/c1-31-13-6-4-12(5-7-13)16-9-17(21(22,23)24)30-18(26-16)15(10-25-30)19-27-28-20(33)29(19)11-14-3-2-8-32-14/h2-8,10,16-17,26H,9,11H2,1H3,(H,28,33)/t16-,17-/m0/s1. The number of halogens is 3. The normalized spacial score (nSPS) is 18.1. The number of hydrogen-bond acceptors (Lipinski definition) is 6. The van der Waals surface area contributed by atoms with Crippen LogP contribution in [0.5, 0.6) is 5.75 Å². The average molecular weight is 476 g/mol. The summed E-state index contributed by atoms with van der Waals surface area (Å²) in [6.07, 6.45) is -1.77. The number of H-pyrrole nitrogens is 1. The predicted octanol–water partition coefficient (Wildman–Crippen LogP) is 5.11. The summed E-state index contributed by atoms with van der Waals surface area (Å²) in [5.74, 6) is 1.84. The zero-order valence-electron chi connectivity index (χ0n) is 17.3.